The molecule has 7 nitrogen and oxygen atoms in total. The van der Waals surface area contributed by atoms with Gasteiger partial charge >= 0.3 is 0 Å². The van der Waals surface area contributed by atoms with Gasteiger partial charge in [-0.15, -0.1) is 0 Å². The molecule has 0 bridgehead atoms. The van der Waals surface area contributed by atoms with E-state index in [9.17, 15) is 4.79 Å². The largest absolute Gasteiger partial charge is 0.465 e. The summed E-state index contributed by atoms with van der Waals surface area (Å²) >= 11 is 0. The summed E-state index contributed by atoms with van der Waals surface area (Å²) < 4.78 is 5.53. The Hall–Kier alpha value is -2.57. The van der Waals surface area contributed by atoms with Crippen molar-refractivity contribution >= 4 is 17.4 Å². The number of rotatable bonds is 5. The summed E-state index contributed by atoms with van der Waals surface area (Å²) in [5, 5.41) is 3.02. The fraction of sp³-hybridized carbons (Fsp3) is 0.571. The first kappa shape index (κ1) is 18.8. The zero-order valence-electron chi connectivity index (χ0n) is 16.6. The van der Waals surface area contributed by atoms with Gasteiger partial charge in [0.1, 0.15) is 17.8 Å². The van der Waals surface area contributed by atoms with Gasteiger partial charge in [0.15, 0.2) is 5.82 Å². The number of anilines is 2. The molecular weight excluding hydrogens is 354 g/mol. The third-order valence-electron chi connectivity index (χ3n) is 5.77. The molecule has 0 unspecified atom stereocenters. The number of nitrogens with zero attached hydrogens (tertiary/aromatic N) is 4. The molecule has 2 saturated heterocycles. The molecule has 0 saturated carbocycles. The highest BCUT2D eigenvalue weighted by Gasteiger charge is 2.27. The molecule has 7 heteroatoms. The van der Waals surface area contributed by atoms with Gasteiger partial charge in [-0.25, -0.2) is 9.97 Å². The average Bonchev–Trinajstić information content (AvgIpc) is 3.18. The predicted molar refractivity (Wildman–Crippen MR) is 108 cm³/mol. The minimum atomic E-state index is 0.0513. The third kappa shape index (κ3) is 4.29. The molecule has 0 radical (unpaired) electrons. The van der Waals surface area contributed by atoms with Crippen LogP contribution in [0.15, 0.2) is 29.1 Å². The first-order valence-electron chi connectivity index (χ1n) is 10.3. The maximum absolute atomic E-state index is 12.5. The Kier molecular flexibility index (Phi) is 5.78. The Labute approximate surface area is 166 Å². The molecule has 1 N–H and O–H groups in total. The van der Waals surface area contributed by atoms with E-state index in [-0.39, 0.29) is 11.8 Å². The first-order chi connectivity index (χ1) is 13.7. The van der Waals surface area contributed by atoms with Gasteiger partial charge in [-0.3, -0.25) is 4.79 Å². The zero-order chi connectivity index (χ0) is 19.3. The number of aromatic nitrogens is 2. The van der Waals surface area contributed by atoms with E-state index < -0.39 is 0 Å². The lowest BCUT2D eigenvalue weighted by Gasteiger charge is -2.36. The highest BCUT2D eigenvalue weighted by molar-refractivity contribution is 5.79. The van der Waals surface area contributed by atoms with Gasteiger partial charge in [-0.1, -0.05) is 0 Å². The third-order valence-corrected chi connectivity index (χ3v) is 5.77. The van der Waals surface area contributed by atoms with Crippen molar-refractivity contribution < 1.29 is 9.21 Å². The van der Waals surface area contributed by atoms with Crippen LogP contribution in [0.3, 0.4) is 0 Å². The maximum atomic E-state index is 12.5. The van der Waals surface area contributed by atoms with Crippen LogP contribution in [0.4, 0.5) is 11.5 Å². The Balaban J connectivity index is 1.33. The van der Waals surface area contributed by atoms with Crippen LogP contribution in [0, 0.1) is 12.8 Å². The summed E-state index contributed by atoms with van der Waals surface area (Å²) in [4.78, 5) is 26.1. The highest BCUT2D eigenvalue weighted by Crippen LogP contribution is 2.31. The van der Waals surface area contributed by atoms with Gasteiger partial charge in [0.25, 0.3) is 0 Å². The van der Waals surface area contributed by atoms with Gasteiger partial charge in [-0.05, 0) is 51.2 Å². The van der Waals surface area contributed by atoms with E-state index in [0.717, 1.165) is 62.0 Å². The molecule has 150 valence electrons. The van der Waals surface area contributed by atoms with Crippen LogP contribution in [0.2, 0.25) is 0 Å². The van der Waals surface area contributed by atoms with Gasteiger partial charge < -0.3 is 19.5 Å². The second kappa shape index (κ2) is 8.63. The minimum absolute atomic E-state index is 0.0513. The maximum Gasteiger partial charge on any atom is 0.223 e. The lowest BCUT2D eigenvalue weighted by atomic mass is 9.95. The Morgan fingerprint density at radius 3 is 2.64 bits per heavy atom. The number of furan rings is 1. The van der Waals surface area contributed by atoms with Gasteiger partial charge in [0.2, 0.25) is 5.91 Å². The Bertz CT molecular complexity index is 792. The molecule has 1 amide bonds. The average molecular weight is 383 g/mol. The number of nitrogens with one attached hydrogen (secondary N) is 1. The standard InChI is InChI=1S/C21H29N5O2/c1-16-5-6-18(28-16)13-23-21(27)17-7-11-25(12-8-17)19-14-22-15-24-20(19)26-9-3-2-4-10-26/h5-6,14-15,17H,2-4,7-13H2,1H3,(H,23,27). The van der Waals surface area contributed by atoms with Crippen LogP contribution >= 0.6 is 0 Å². The minimum Gasteiger partial charge on any atom is -0.465 e. The normalized spacial score (nSPS) is 18.3. The molecular formula is C21H29N5O2. The number of hydrogen-bond donors (Lipinski definition) is 1. The zero-order valence-corrected chi connectivity index (χ0v) is 16.6. The summed E-state index contributed by atoms with van der Waals surface area (Å²) in [6.07, 6.45) is 9.01. The first-order valence-corrected chi connectivity index (χ1v) is 10.3. The number of piperidine rings is 2. The molecule has 0 atom stereocenters. The van der Waals surface area contributed by atoms with E-state index in [1.54, 1.807) is 6.33 Å². The topological polar surface area (TPSA) is 74.5 Å². The monoisotopic (exact) mass is 383 g/mol. The number of hydrogen-bond acceptors (Lipinski definition) is 6. The molecule has 2 aliphatic rings. The van der Waals surface area contributed by atoms with Crippen LogP contribution in [0.25, 0.3) is 0 Å². The molecule has 0 aliphatic carbocycles. The van der Waals surface area contributed by atoms with Crippen molar-refractivity contribution in [3.8, 4) is 0 Å². The van der Waals surface area contributed by atoms with Crippen LogP contribution in [0.1, 0.15) is 43.6 Å². The summed E-state index contributed by atoms with van der Waals surface area (Å²) in [5.41, 5.74) is 1.11. The summed E-state index contributed by atoms with van der Waals surface area (Å²) in [7, 11) is 0. The summed E-state index contributed by atoms with van der Waals surface area (Å²) in [6, 6.07) is 3.83. The van der Waals surface area contributed by atoms with E-state index >= 15 is 0 Å². The van der Waals surface area contributed by atoms with E-state index in [4.69, 9.17) is 4.42 Å². The van der Waals surface area contributed by atoms with Crippen molar-refractivity contribution in [1.82, 2.24) is 15.3 Å². The molecule has 0 spiro atoms. The van der Waals surface area contributed by atoms with Crippen LogP contribution in [0.5, 0.6) is 0 Å². The fourth-order valence-electron chi connectivity index (χ4n) is 4.17. The second-order valence-corrected chi connectivity index (χ2v) is 7.77. The summed E-state index contributed by atoms with van der Waals surface area (Å²) in [6.45, 7) is 6.20. The SMILES string of the molecule is Cc1ccc(CNC(=O)C2CCN(c3cncnc3N3CCCCC3)CC2)o1. The molecule has 0 aromatic carbocycles. The van der Waals surface area contributed by atoms with Crippen molar-refractivity contribution in [2.75, 3.05) is 36.0 Å². The number of carbonyl (C=O) groups excluding carboxylic acids is 1. The van der Waals surface area contributed by atoms with Crippen LogP contribution in [-0.4, -0.2) is 42.1 Å². The highest BCUT2D eigenvalue weighted by atomic mass is 16.3. The molecule has 28 heavy (non-hydrogen) atoms. The van der Waals surface area contributed by atoms with E-state index in [1.165, 1.54) is 19.3 Å². The molecule has 4 rings (SSSR count). The Morgan fingerprint density at radius 2 is 1.93 bits per heavy atom. The van der Waals surface area contributed by atoms with Crippen molar-refractivity contribution in [2.45, 2.75) is 45.6 Å². The van der Waals surface area contributed by atoms with E-state index in [2.05, 4.69) is 25.1 Å². The lowest BCUT2D eigenvalue weighted by molar-refractivity contribution is -0.125. The predicted octanol–water partition coefficient (Wildman–Crippen LogP) is 2.90. The van der Waals surface area contributed by atoms with Crippen molar-refractivity contribution in [3.05, 3.63) is 36.2 Å². The van der Waals surface area contributed by atoms with Gasteiger partial charge in [0, 0.05) is 32.1 Å². The molecule has 2 aromatic heterocycles. The fourth-order valence-corrected chi connectivity index (χ4v) is 4.17. The van der Waals surface area contributed by atoms with Crippen molar-refractivity contribution in [1.29, 1.82) is 0 Å². The second-order valence-electron chi connectivity index (χ2n) is 7.77. The number of amides is 1. The molecule has 2 aromatic rings. The quantitative estimate of drug-likeness (QED) is 0.856. The molecule has 4 heterocycles. The van der Waals surface area contributed by atoms with Crippen molar-refractivity contribution in [3.63, 3.8) is 0 Å². The van der Waals surface area contributed by atoms with Crippen LogP contribution in [-0.2, 0) is 11.3 Å². The van der Waals surface area contributed by atoms with E-state index in [1.807, 2.05) is 25.3 Å². The molecule has 2 aliphatic heterocycles. The number of carbonyl (C=O) groups is 1. The Morgan fingerprint density at radius 1 is 1.14 bits per heavy atom. The van der Waals surface area contributed by atoms with E-state index in [0.29, 0.717) is 6.54 Å². The smallest absolute Gasteiger partial charge is 0.223 e. The summed E-state index contributed by atoms with van der Waals surface area (Å²) in [5.74, 6) is 2.89. The van der Waals surface area contributed by atoms with Gasteiger partial charge in [0.05, 0.1) is 18.4 Å². The lowest BCUT2D eigenvalue weighted by Crippen LogP contribution is -2.41. The van der Waals surface area contributed by atoms with Crippen LogP contribution < -0.4 is 15.1 Å². The number of aryl methyl sites for hydroxylation is 1. The van der Waals surface area contributed by atoms with Gasteiger partial charge in [-0.2, -0.15) is 0 Å². The van der Waals surface area contributed by atoms with Crippen molar-refractivity contribution in [2.24, 2.45) is 5.92 Å². The molecule has 2 fully saturated rings.